The van der Waals surface area contributed by atoms with E-state index >= 15 is 0 Å². The highest BCUT2D eigenvalue weighted by molar-refractivity contribution is 9.12. The molecule has 2 nitrogen and oxygen atoms in total. The van der Waals surface area contributed by atoms with Crippen LogP contribution in [0.15, 0.2) is 37.9 Å². The van der Waals surface area contributed by atoms with Gasteiger partial charge in [0.2, 0.25) is 0 Å². The quantitative estimate of drug-likeness (QED) is 0.688. The Morgan fingerprint density at radius 1 is 1.33 bits per heavy atom. The summed E-state index contributed by atoms with van der Waals surface area (Å²) < 4.78 is 1.71. The van der Waals surface area contributed by atoms with Crippen LogP contribution in [0.3, 0.4) is 0 Å². The molecule has 1 aromatic heterocycles. The Bertz CT molecular complexity index is 585. The summed E-state index contributed by atoms with van der Waals surface area (Å²) in [5.41, 5.74) is 2.25. The second-order valence-corrected chi connectivity index (χ2v) is 7.50. The summed E-state index contributed by atoms with van der Waals surface area (Å²) in [5, 5.41) is 2.86. The number of para-hydroxylation sites is 1. The van der Waals surface area contributed by atoms with Gasteiger partial charge in [0.15, 0.2) is 0 Å². The standard InChI is InChI=1S/C12H8Br2ClNOS/c13-10-5-8(11(14)18-10)12(17)16-9-4-2-1-3-7(9)6-15/h1-5H,6H2,(H,16,17). The van der Waals surface area contributed by atoms with Crippen LogP contribution in [0.1, 0.15) is 15.9 Å². The molecule has 0 aliphatic rings. The van der Waals surface area contributed by atoms with Crippen LogP contribution in [0.25, 0.3) is 0 Å². The zero-order valence-corrected chi connectivity index (χ0v) is 13.8. The van der Waals surface area contributed by atoms with E-state index in [1.807, 2.05) is 24.3 Å². The SMILES string of the molecule is O=C(Nc1ccccc1CCl)c1cc(Br)sc1Br. The van der Waals surface area contributed by atoms with E-state index in [-0.39, 0.29) is 5.91 Å². The molecule has 18 heavy (non-hydrogen) atoms. The van der Waals surface area contributed by atoms with Crippen molar-refractivity contribution in [3.05, 3.63) is 49.0 Å². The number of rotatable bonds is 3. The van der Waals surface area contributed by atoms with E-state index in [9.17, 15) is 4.79 Å². The van der Waals surface area contributed by atoms with Crippen LogP contribution in [0, 0.1) is 0 Å². The molecule has 0 aliphatic carbocycles. The van der Waals surface area contributed by atoms with Crippen molar-refractivity contribution in [1.29, 1.82) is 0 Å². The number of nitrogens with one attached hydrogen (secondary N) is 1. The van der Waals surface area contributed by atoms with E-state index in [2.05, 4.69) is 37.2 Å². The average molecular weight is 410 g/mol. The summed E-state index contributed by atoms with van der Waals surface area (Å²) >= 11 is 14.0. The van der Waals surface area contributed by atoms with Crippen molar-refractivity contribution in [2.24, 2.45) is 0 Å². The normalized spacial score (nSPS) is 10.4. The molecular formula is C12H8Br2ClNOS. The Morgan fingerprint density at radius 3 is 2.67 bits per heavy atom. The molecular weight excluding hydrogens is 401 g/mol. The molecule has 0 atom stereocenters. The lowest BCUT2D eigenvalue weighted by Gasteiger charge is -2.08. The van der Waals surface area contributed by atoms with Crippen molar-refractivity contribution in [2.45, 2.75) is 5.88 Å². The fourth-order valence-electron chi connectivity index (χ4n) is 1.44. The number of alkyl halides is 1. The second kappa shape index (κ2) is 6.19. The Hall–Kier alpha value is -0.360. The Balaban J connectivity index is 2.24. The number of hydrogen-bond acceptors (Lipinski definition) is 2. The highest BCUT2D eigenvalue weighted by Crippen LogP contribution is 2.32. The minimum absolute atomic E-state index is 0.151. The fourth-order valence-corrected chi connectivity index (χ4v) is 4.47. The summed E-state index contributed by atoms with van der Waals surface area (Å²) in [6, 6.07) is 9.27. The number of carbonyl (C=O) groups excluding carboxylic acids is 1. The summed E-state index contributed by atoms with van der Waals surface area (Å²) in [7, 11) is 0. The second-order valence-electron chi connectivity index (χ2n) is 3.48. The number of anilines is 1. The molecule has 1 N–H and O–H groups in total. The molecule has 0 spiro atoms. The minimum Gasteiger partial charge on any atom is -0.322 e. The molecule has 0 bridgehead atoms. The lowest BCUT2D eigenvalue weighted by Crippen LogP contribution is -2.12. The monoisotopic (exact) mass is 407 g/mol. The van der Waals surface area contributed by atoms with Gasteiger partial charge in [-0.15, -0.1) is 22.9 Å². The van der Waals surface area contributed by atoms with Crippen LogP contribution in [0.2, 0.25) is 0 Å². The zero-order valence-electron chi connectivity index (χ0n) is 9.04. The van der Waals surface area contributed by atoms with E-state index in [4.69, 9.17) is 11.6 Å². The van der Waals surface area contributed by atoms with Gasteiger partial charge in [-0.3, -0.25) is 4.79 Å². The van der Waals surface area contributed by atoms with Crippen molar-refractivity contribution >= 4 is 66.4 Å². The molecule has 0 fully saturated rings. The van der Waals surface area contributed by atoms with Gasteiger partial charge < -0.3 is 5.32 Å². The summed E-state index contributed by atoms with van der Waals surface area (Å²) in [4.78, 5) is 12.1. The molecule has 0 radical (unpaired) electrons. The largest absolute Gasteiger partial charge is 0.322 e. The first kappa shape index (κ1) is 14.1. The predicted octanol–water partition coefficient (Wildman–Crippen LogP) is 5.26. The van der Waals surface area contributed by atoms with Crippen molar-refractivity contribution in [3.8, 4) is 0 Å². The number of thiophene rings is 1. The highest BCUT2D eigenvalue weighted by atomic mass is 79.9. The van der Waals surface area contributed by atoms with Gasteiger partial charge in [-0.05, 0) is 49.6 Å². The van der Waals surface area contributed by atoms with Gasteiger partial charge in [0.05, 0.1) is 13.1 Å². The number of halogens is 3. The molecule has 0 aliphatic heterocycles. The Labute approximate surface area is 131 Å². The van der Waals surface area contributed by atoms with Crippen molar-refractivity contribution < 1.29 is 4.79 Å². The molecule has 0 unspecified atom stereocenters. The molecule has 2 rings (SSSR count). The number of hydrogen-bond donors (Lipinski definition) is 1. The lowest BCUT2D eigenvalue weighted by molar-refractivity contribution is 0.102. The number of benzene rings is 1. The smallest absolute Gasteiger partial charge is 0.257 e. The molecule has 0 saturated carbocycles. The van der Waals surface area contributed by atoms with Gasteiger partial charge in [0.25, 0.3) is 5.91 Å². The fraction of sp³-hybridized carbons (Fsp3) is 0.0833. The predicted molar refractivity (Wildman–Crippen MR) is 83.7 cm³/mol. The molecule has 1 aromatic carbocycles. The molecule has 6 heteroatoms. The first-order valence-corrected chi connectivity index (χ1v) is 7.95. The highest BCUT2D eigenvalue weighted by Gasteiger charge is 2.14. The first-order chi connectivity index (χ1) is 8.61. The molecule has 94 valence electrons. The van der Waals surface area contributed by atoms with Gasteiger partial charge in [0.1, 0.15) is 0 Å². The molecule has 2 aromatic rings. The summed E-state index contributed by atoms with van der Waals surface area (Å²) in [6.45, 7) is 0. The molecule has 1 heterocycles. The van der Waals surface area contributed by atoms with Gasteiger partial charge in [-0.1, -0.05) is 18.2 Å². The van der Waals surface area contributed by atoms with Crippen molar-refractivity contribution in [2.75, 3.05) is 5.32 Å². The van der Waals surface area contributed by atoms with E-state index in [1.54, 1.807) is 6.07 Å². The Kier molecular flexibility index (Phi) is 4.84. The van der Waals surface area contributed by atoms with Gasteiger partial charge in [-0.2, -0.15) is 0 Å². The van der Waals surface area contributed by atoms with Crippen LogP contribution in [0.4, 0.5) is 5.69 Å². The van der Waals surface area contributed by atoms with E-state index in [0.29, 0.717) is 11.4 Å². The average Bonchev–Trinajstić information content (AvgIpc) is 2.69. The van der Waals surface area contributed by atoms with Crippen LogP contribution in [-0.2, 0) is 5.88 Å². The maximum absolute atomic E-state index is 12.1. The third kappa shape index (κ3) is 3.15. The maximum atomic E-state index is 12.1. The molecule has 1 amide bonds. The summed E-state index contributed by atoms with van der Waals surface area (Å²) in [6.07, 6.45) is 0. The Morgan fingerprint density at radius 2 is 2.06 bits per heavy atom. The third-order valence-corrected chi connectivity index (χ3v) is 4.94. The maximum Gasteiger partial charge on any atom is 0.257 e. The van der Waals surface area contributed by atoms with Crippen molar-refractivity contribution in [3.63, 3.8) is 0 Å². The topological polar surface area (TPSA) is 29.1 Å². The van der Waals surface area contributed by atoms with Crippen molar-refractivity contribution in [1.82, 2.24) is 0 Å². The number of carbonyl (C=O) groups is 1. The van der Waals surface area contributed by atoms with Crippen LogP contribution in [-0.4, -0.2) is 5.91 Å². The molecule has 0 saturated heterocycles. The van der Waals surface area contributed by atoms with Gasteiger partial charge >= 0.3 is 0 Å². The van der Waals surface area contributed by atoms with Crippen LogP contribution in [0.5, 0.6) is 0 Å². The number of amides is 1. The van der Waals surface area contributed by atoms with Gasteiger partial charge in [-0.25, -0.2) is 0 Å². The van der Waals surface area contributed by atoms with Gasteiger partial charge in [0, 0.05) is 11.6 Å². The van der Waals surface area contributed by atoms with Crippen LogP contribution >= 0.6 is 54.8 Å². The minimum atomic E-state index is -0.151. The third-order valence-electron chi connectivity index (χ3n) is 2.31. The van der Waals surface area contributed by atoms with E-state index in [0.717, 1.165) is 18.8 Å². The van der Waals surface area contributed by atoms with E-state index in [1.165, 1.54) is 11.3 Å². The van der Waals surface area contributed by atoms with Crippen LogP contribution < -0.4 is 5.32 Å². The van der Waals surface area contributed by atoms with E-state index < -0.39 is 0 Å². The lowest BCUT2D eigenvalue weighted by atomic mass is 10.2. The summed E-state index contributed by atoms with van der Waals surface area (Å²) in [5.74, 6) is 0.215. The first-order valence-electron chi connectivity index (χ1n) is 5.02. The zero-order chi connectivity index (χ0) is 13.1.